The summed E-state index contributed by atoms with van der Waals surface area (Å²) in [7, 11) is 0.0534. The largest absolute Gasteiger partial charge is 0.387 e. The summed E-state index contributed by atoms with van der Waals surface area (Å²) < 4.78 is 27.8. The topological polar surface area (TPSA) is 73.7 Å². The highest BCUT2D eigenvalue weighted by molar-refractivity contribution is 7.89. The summed E-state index contributed by atoms with van der Waals surface area (Å²) >= 11 is 0. The van der Waals surface area contributed by atoms with Crippen molar-refractivity contribution in [3.63, 3.8) is 0 Å². The molecule has 1 aromatic carbocycles. The number of β-amino-alcohol motifs (C(OH)–C–C–N with tert-alkyl or cyclic N) is 1. The Morgan fingerprint density at radius 2 is 2.08 bits per heavy atom. The first-order valence-electron chi connectivity index (χ1n) is 7.95. The normalized spacial score (nSPS) is 22.5. The Hall–Kier alpha value is -1.54. The molecule has 0 spiro atoms. The van der Waals surface area contributed by atoms with Crippen LogP contribution in [-0.4, -0.2) is 67.0 Å². The Labute approximate surface area is 142 Å². The summed E-state index contributed by atoms with van der Waals surface area (Å²) in [4.78, 5) is 6.42. The number of aliphatic hydroxyl groups is 1. The number of benzene rings is 1. The van der Waals surface area contributed by atoms with E-state index in [4.69, 9.17) is 0 Å². The van der Waals surface area contributed by atoms with Gasteiger partial charge in [-0.05, 0) is 51.2 Å². The molecule has 0 saturated carbocycles. The first-order valence-corrected chi connectivity index (χ1v) is 9.39. The van der Waals surface area contributed by atoms with Crippen molar-refractivity contribution in [2.75, 3.05) is 33.7 Å². The van der Waals surface area contributed by atoms with Gasteiger partial charge in [-0.1, -0.05) is 6.07 Å². The van der Waals surface area contributed by atoms with Crippen molar-refractivity contribution in [2.45, 2.75) is 23.8 Å². The van der Waals surface area contributed by atoms with Crippen molar-refractivity contribution in [2.24, 2.45) is 0 Å². The van der Waals surface area contributed by atoms with Crippen LogP contribution < -0.4 is 0 Å². The van der Waals surface area contributed by atoms with Crippen molar-refractivity contribution in [1.29, 1.82) is 0 Å². The van der Waals surface area contributed by atoms with Crippen LogP contribution in [0.4, 0.5) is 0 Å². The highest BCUT2D eigenvalue weighted by Crippen LogP contribution is 2.32. The third kappa shape index (κ3) is 3.04. The van der Waals surface area contributed by atoms with Gasteiger partial charge in [-0.25, -0.2) is 8.42 Å². The fourth-order valence-corrected chi connectivity index (χ4v) is 5.37. The van der Waals surface area contributed by atoms with Gasteiger partial charge in [-0.3, -0.25) is 4.98 Å². The van der Waals surface area contributed by atoms with E-state index in [-0.39, 0.29) is 6.54 Å². The molecule has 0 amide bonds. The molecule has 1 aliphatic rings. The zero-order valence-corrected chi connectivity index (χ0v) is 15.0. The molecule has 2 aromatic rings. The molecular weight excluding hydrogens is 326 g/mol. The van der Waals surface area contributed by atoms with E-state index >= 15 is 0 Å². The molecule has 3 rings (SSSR count). The number of aromatic nitrogens is 1. The molecule has 1 atom stereocenters. The van der Waals surface area contributed by atoms with Crippen molar-refractivity contribution >= 4 is 20.9 Å². The average molecular weight is 349 g/mol. The number of hydrogen-bond donors (Lipinski definition) is 1. The molecule has 6 nitrogen and oxygen atoms in total. The molecule has 0 aliphatic carbocycles. The molecule has 1 aromatic heterocycles. The standard InChI is InChI=1S/C17H23N3O3S/c1-13-6-7-15-14(5-4-9-18-15)16(13)24(22,23)20-10-8-17(21,12-20)11-19(2)3/h4-7,9,21H,8,10-12H2,1-3H3. The van der Waals surface area contributed by atoms with Crippen molar-refractivity contribution in [3.05, 3.63) is 36.0 Å². The quantitative estimate of drug-likeness (QED) is 0.899. The minimum atomic E-state index is -3.69. The third-order valence-electron chi connectivity index (χ3n) is 4.44. The van der Waals surface area contributed by atoms with Crippen LogP contribution in [0.15, 0.2) is 35.4 Å². The molecule has 24 heavy (non-hydrogen) atoms. The Balaban J connectivity index is 2.02. The zero-order chi connectivity index (χ0) is 17.5. The van der Waals surface area contributed by atoms with Crippen molar-refractivity contribution in [3.8, 4) is 0 Å². The number of rotatable bonds is 4. The Morgan fingerprint density at radius 3 is 2.79 bits per heavy atom. The van der Waals surface area contributed by atoms with Crippen LogP contribution in [0, 0.1) is 6.92 Å². The number of pyridine rings is 1. The van der Waals surface area contributed by atoms with Crippen LogP contribution in [0.2, 0.25) is 0 Å². The van der Waals surface area contributed by atoms with Crippen molar-refractivity contribution in [1.82, 2.24) is 14.2 Å². The number of likely N-dealkylation sites (N-methyl/N-ethyl adjacent to an activating group) is 1. The maximum absolute atomic E-state index is 13.2. The van der Waals surface area contributed by atoms with E-state index in [1.165, 1.54) is 4.31 Å². The Morgan fingerprint density at radius 1 is 1.33 bits per heavy atom. The monoisotopic (exact) mass is 349 g/mol. The average Bonchev–Trinajstić information content (AvgIpc) is 2.88. The van der Waals surface area contributed by atoms with Crippen LogP contribution in [-0.2, 0) is 10.0 Å². The molecule has 130 valence electrons. The van der Waals surface area contributed by atoms with Crippen LogP contribution in [0.1, 0.15) is 12.0 Å². The predicted octanol–water partition coefficient (Wildman–Crippen LogP) is 1.23. The summed E-state index contributed by atoms with van der Waals surface area (Å²) in [6.45, 7) is 2.67. The van der Waals surface area contributed by atoms with E-state index in [2.05, 4.69) is 4.98 Å². The van der Waals surface area contributed by atoms with E-state index in [9.17, 15) is 13.5 Å². The molecule has 1 N–H and O–H groups in total. The summed E-state index contributed by atoms with van der Waals surface area (Å²) in [5.74, 6) is 0. The lowest BCUT2D eigenvalue weighted by atomic mass is 10.0. The van der Waals surface area contributed by atoms with E-state index in [0.717, 1.165) is 0 Å². The summed E-state index contributed by atoms with van der Waals surface area (Å²) in [5, 5.41) is 11.3. The van der Waals surface area contributed by atoms with E-state index < -0.39 is 15.6 Å². The number of sulfonamides is 1. The van der Waals surface area contributed by atoms with Gasteiger partial charge in [0.05, 0.1) is 16.0 Å². The maximum atomic E-state index is 13.2. The first-order chi connectivity index (χ1) is 11.2. The van der Waals surface area contributed by atoms with Crippen LogP contribution >= 0.6 is 0 Å². The van der Waals surface area contributed by atoms with Gasteiger partial charge in [0.2, 0.25) is 10.0 Å². The Kier molecular flexibility index (Phi) is 4.37. The Bertz CT molecular complexity index is 867. The molecule has 7 heteroatoms. The maximum Gasteiger partial charge on any atom is 0.244 e. The highest BCUT2D eigenvalue weighted by atomic mass is 32.2. The second-order valence-electron chi connectivity index (χ2n) is 6.83. The van der Waals surface area contributed by atoms with Crippen molar-refractivity contribution < 1.29 is 13.5 Å². The lowest BCUT2D eigenvalue weighted by Crippen LogP contribution is -2.43. The lowest BCUT2D eigenvalue weighted by molar-refractivity contribution is 0.0302. The molecule has 0 bridgehead atoms. The second kappa shape index (κ2) is 6.07. The van der Waals surface area contributed by atoms with Gasteiger partial charge in [0.1, 0.15) is 0 Å². The SMILES string of the molecule is Cc1ccc2ncccc2c1S(=O)(=O)N1CCC(O)(CN(C)C)C1. The van der Waals surface area contributed by atoms with Gasteiger partial charge in [0.25, 0.3) is 0 Å². The number of nitrogens with zero attached hydrogens (tertiary/aromatic N) is 3. The highest BCUT2D eigenvalue weighted by Gasteiger charge is 2.42. The minimum Gasteiger partial charge on any atom is -0.387 e. The molecule has 1 unspecified atom stereocenters. The lowest BCUT2D eigenvalue weighted by Gasteiger charge is -2.27. The van der Waals surface area contributed by atoms with E-state index in [0.29, 0.717) is 40.9 Å². The fourth-order valence-electron chi connectivity index (χ4n) is 3.45. The molecule has 1 aliphatic heterocycles. The number of hydrogen-bond acceptors (Lipinski definition) is 5. The molecule has 1 saturated heterocycles. The molecular formula is C17H23N3O3S. The zero-order valence-electron chi connectivity index (χ0n) is 14.2. The summed E-state index contributed by atoms with van der Waals surface area (Å²) in [6, 6.07) is 7.14. The minimum absolute atomic E-state index is 0.115. The summed E-state index contributed by atoms with van der Waals surface area (Å²) in [5.41, 5.74) is 0.343. The van der Waals surface area contributed by atoms with Gasteiger partial charge >= 0.3 is 0 Å². The van der Waals surface area contributed by atoms with Crippen LogP contribution in [0.25, 0.3) is 10.9 Å². The van der Waals surface area contributed by atoms with Gasteiger partial charge in [-0.2, -0.15) is 4.31 Å². The van der Waals surface area contributed by atoms with Crippen LogP contribution in [0.5, 0.6) is 0 Å². The molecule has 0 radical (unpaired) electrons. The fraction of sp³-hybridized carbons (Fsp3) is 0.471. The van der Waals surface area contributed by atoms with Gasteiger partial charge < -0.3 is 10.0 Å². The van der Waals surface area contributed by atoms with Gasteiger partial charge in [0.15, 0.2) is 0 Å². The third-order valence-corrected chi connectivity index (χ3v) is 6.49. The van der Waals surface area contributed by atoms with Crippen LogP contribution in [0.3, 0.4) is 0 Å². The van der Waals surface area contributed by atoms with E-state index in [1.54, 1.807) is 31.3 Å². The number of aryl methyl sites for hydroxylation is 1. The van der Waals surface area contributed by atoms with E-state index in [1.807, 2.05) is 25.1 Å². The van der Waals surface area contributed by atoms with Gasteiger partial charge in [0, 0.05) is 31.2 Å². The second-order valence-corrected chi connectivity index (χ2v) is 8.71. The smallest absolute Gasteiger partial charge is 0.244 e. The predicted molar refractivity (Wildman–Crippen MR) is 93.4 cm³/mol. The summed E-state index contributed by atoms with van der Waals surface area (Å²) in [6.07, 6.45) is 2.09. The molecule has 2 heterocycles. The first kappa shape index (κ1) is 17.3. The van der Waals surface area contributed by atoms with Gasteiger partial charge in [-0.15, -0.1) is 0 Å². The molecule has 1 fully saturated rings. The number of fused-ring (bicyclic) bond motifs is 1.